The van der Waals surface area contributed by atoms with Crippen LogP contribution in [0.1, 0.15) is 18.4 Å². The van der Waals surface area contributed by atoms with Crippen LogP contribution < -0.4 is 16.0 Å². The highest BCUT2D eigenvalue weighted by Crippen LogP contribution is 2.40. The van der Waals surface area contributed by atoms with Gasteiger partial charge in [-0.3, -0.25) is 14.6 Å². The number of pyridine rings is 1. The number of carbonyl (C=O) groups is 2. The first-order valence-electron chi connectivity index (χ1n) is 11.0. The third-order valence-corrected chi connectivity index (χ3v) is 6.46. The number of aromatic nitrogens is 1. The van der Waals surface area contributed by atoms with Gasteiger partial charge in [0, 0.05) is 35.0 Å². The summed E-state index contributed by atoms with van der Waals surface area (Å²) < 4.78 is 13.3. The Morgan fingerprint density at radius 3 is 2.36 bits per heavy atom. The largest absolute Gasteiger partial charge is 0.353 e. The van der Waals surface area contributed by atoms with Crippen LogP contribution in [-0.4, -0.2) is 22.6 Å². The van der Waals surface area contributed by atoms with E-state index in [1.165, 1.54) is 36.0 Å². The second-order valence-corrected chi connectivity index (χ2v) is 8.88. The Bertz CT molecular complexity index is 1370. The molecule has 1 atom stereocenters. The SMILES string of the molecule is CC1=C(C(=O)Nc2ccc(F)cc2)C(c2ccccc2)C(C#N)=C(SCC(=O)Nc2ccncc2)N1. The predicted molar refractivity (Wildman–Crippen MR) is 138 cm³/mol. The molecule has 4 rings (SSSR count). The molecule has 1 aliphatic heterocycles. The lowest BCUT2D eigenvalue weighted by molar-refractivity contribution is -0.114. The van der Waals surface area contributed by atoms with Gasteiger partial charge in [-0.15, -0.1) is 0 Å². The number of halogens is 1. The van der Waals surface area contributed by atoms with E-state index in [-0.39, 0.29) is 11.7 Å². The standard InChI is InChI=1S/C27H22FN5O2S/c1-17-24(26(35)33-20-9-7-19(28)8-10-20)25(18-5-3-2-4-6-18)22(15-29)27(31-17)36-16-23(34)32-21-11-13-30-14-12-21/h2-14,25,31H,16H2,1H3,(H,33,35)(H,30,32,34). The quantitative estimate of drug-likeness (QED) is 0.426. The van der Waals surface area contributed by atoms with E-state index in [2.05, 4.69) is 27.0 Å². The lowest BCUT2D eigenvalue weighted by Gasteiger charge is -2.29. The average molecular weight is 500 g/mol. The van der Waals surface area contributed by atoms with E-state index in [0.717, 1.165) is 5.56 Å². The Balaban J connectivity index is 1.61. The molecule has 36 heavy (non-hydrogen) atoms. The maximum atomic E-state index is 13.4. The number of nitrogens with one attached hydrogen (secondary N) is 3. The van der Waals surface area contributed by atoms with Gasteiger partial charge in [-0.05, 0) is 48.9 Å². The van der Waals surface area contributed by atoms with Crippen LogP contribution >= 0.6 is 11.8 Å². The fourth-order valence-corrected chi connectivity index (χ4v) is 4.70. The van der Waals surface area contributed by atoms with Crippen molar-refractivity contribution < 1.29 is 14.0 Å². The molecule has 2 heterocycles. The van der Waals surface area contributed by atoms with Gasteiger partial charge >= 0.3 is 0 Å². The van der Waals surface area contributed by atoms with Crippen LogP contribution in [0.25, 0.3) is 0 Å². The number of anilines is 2. The highest BCUT2D eigenvalue weighted by atomic mass is 32.2. The lowest BCUT2D eigenvalue weighted by Crippen LogP contribution is -2.31. The first kappa shape index (κ1) is 24.7. The summed E-state index contributed by atoms with van der Waals surface area (Å²) in [5, 5.41) is 19.4. The van der Waals surface area contributed by atoms with Crippen LogP contribution in [0.4, 0.5) is 15.8 Å². The molecule has 0 bridgehead atoms. The number of allylic oxidation sites excluding steroid dienone is 2. The second kappa shape index (κ2) is 11.3. The van der Waals surface area contributed by atoms with E-state index in [4.69, 9.17) is 0 Å². The molecule has 180 valence electrons. The van der Waals surface area contributed by atoms with Gasteiger partial charge in [0.2, 0.25) is 5.91 Å². The number of amides is 2. The van der Waals surface area contributed by atoms with Crippen molar-refractivity contribution in [2.45, 2.75) is 12.8 Å². The third kappa shape index (κ3) is 5.79. The minimum atomic E-state index is -0.649. The molecule has 2 aromatic carbocycles. The van der Waals surface area contributed by atoms with E-state index in [1.807, 2.05) is 30.3 Å². The molecule has 7 nitrogen and oxygen atoms in total. The number of benzene rings is 2. The van der Waals surface area contributed by atoms with Crippen LogP contribution in [0.3, 0.4) is 0 Å². The van der Waals surface area contributed by atoms with Gasteiger partial charge < -0.3 is 16.0 Å². The Labute approximate surface area is 212 Å². The number of rotatable bonds is 7. The van der Waals surface area contributed by atoms with Gasteiger partial charge in [-0.1, -0.05) is 42.1 Å². The maximum absolute atomic E-state index is 13.4. The fourth-order valence-electron chi connectivity index (χ4n) is 3.81. The minimum Gasteiger partial charge on any atom is -0.353 e. The van der Waals surface area contributed by atoms with Gasteiger partial charge in [0.25, 0.3) is 5.91 Å². The van der Waals surface area contributed by atoms with E-state index in [0.29, 0.717) is 33.2 Å². The number of carbonyl (C=O) groups excluding carboxylic acids is 2. The van der Waals surface area contributed by atoms with Gasteiger partial charge in [0.05, 0.1) is 28.3 Å². The first-order chi connectivity index (χ1) is 17.5. The molecule has 0 fully saturated rings. The number of hydrogen-bond acceptors (Lipinski definition) is 6. The summed E-state index contributed by atoms with van der Waals surface area (Å²) >= 11 is 1.19. The number of dihydropyridines is 1. The van der Waals surface area contributed by atoms with Crippen molar-refractivity contribution in [3.8, 4) is 6.07 Å². The van der Waals surface area contributed by atoms with Gasteiger partial charge in [0.1, 0.15) is 5.82 Å². The molecule has 1 aliphatic rings. The van der Waals surface area contributed by atoms with E-state index < -0.39 is 17.6 Å². The second-order valence-electron chi connectivity index (χ2n) is 7.90. The van der Waals surface area contributed by atoms with Gasteiger partial charge in [0.15, 0.2) is 0 Å². The Morgan fingerprint density at radius 2 is 1.69 bits per heavy atom. The summed E-state index contributed by atoms with van der Waals surface area (Å²) in [6.07, 6.45) is 3.16. The minimum absolute atomic E-state index is 0.0573. The molecule has 9 heteroatoms. The van der Waals surface area contributed by atoms with Crippen molar-refractivity contribution in [1.82, 2.24) is 10.3 Å². The van der Waals surface area contributed by atoms with Crippen LogP contribution in [0.15, 0.2) is 101 Å². The number of nitriles is 1. The Kier molecular flexibility index (Phi) is 7.78. The zero-order valence-electron chi connectivity index (χ0n) is 19.3. The smallest absolute Gasteiger partial charge is 0.254 e. The average Bonchev–Trinajstić information content (AvgIpc) is 2.89. The maximum Gasteiger partial charge on any atom is 0.254 e. The molecule has 1 aromatic heterocycles. The molecule has 0 spiro atoms. The topological polar surface area (TPSA) is 107 Å². The number of nitrogens with zero attached hydrogens (tertiary/aromatic N) is 2. The van der Waals surface area contributed by atoms with Gasteiger partial charge in [-0.25, -0.2) is 4.39 Å². The Morgan fingerprint density at radius 1 is 1.03 bits per heavy atom. The summed E-state index contributed by atoms with van der Waals surface area (Å²) in [6, 6.07) is 20.3. The van der Waals surface area contributed by atoms with Crippen LogP contribution in [0, 0.1) is 17.1 Å². The third-order valence-electron chi connectivity index (χ3n) is 5.44. The van der Waals surface area contributed by atoms with E-state index in [1.54, 1.807) is 31.5 Å². The van der Waals surface area contributed by atoms with Crippen LogP contribution in [-0.2, 0) is 9.59 Å². The highest BCUT2D eigenvalue weighted by Gasteiger charge is 2.34. The number of hydrogen-bond donors (Lipinski definition) is 3. The molecular weight excluding hydrogens is 477 g/mol. The van der Waals surface area contributed by atoms with E-state index in [9.17, 15) is 19.2 Å². The van der Waals surface area contributed by atoms with Crippen LogP contribution in [0.5, 0.6) is 0 Å². The summed E-state index contributed by atoms with van der Waals surface area (Å²) in [4.78, 5) is 29.8. The van der Waals surface area contributed by atoms with Crippen molar-refractivity contribution in [2.24, 2.45) is 0 Å². The first-order valence-corrected chi connectivity index (χ1v) is 12.0. The molecule has 0 radical (unpaired) electrons. The molecular formula is C27H22FN5O2S. The van der Waals surface area contributed by atoms with Crippen molar-refractivity contribution in [1.29, 1.82) is 5.26 Å². The van der Waals surface area contributed by atoms with Crippen molar-refractivity contribution >= 4 is 35.0 Å². The van der Waals surface area contributed by atoms with Crippen LogP contribution in [0.2, 0.25) is 0 Å². The Hall–Kier alpha value is -4.42. The molecule has 0 saturated carbocycles. The lowest BCUT2D eigenvalue weighted by atomic mass is 9.82. The normalized spacial score (nSPS) is 15.1. The number of thioether (sulfide) groups is 1. The highest BCUT2D eigenvalue weighted by molar-refractivity contribution is 8.03. The van der Waals surface area contributed by atoms with E-state index >= 15 is 0 Å². The zero-order valence-corrected chi connectivity index (χ0v) is 20.1. The fraction of sp³-hybridized carbons (Fsp3) is 0.111. The molecule has 1 unspecified atom stereocenters. The molecule has 2 amide bonds. The summed E-state index contributed by atoms with van der Waals surface area (Å²) in [7, 11) is 0. The van der Waals surface area contributed by atoms with Crippen molar-refractivity contribution in [3.05, 3.63) is 112 Å². The molecule has 3 N–H and O–H groups in total. The predicted octanol–water partition coefficient (Wildman–Crippen LogP) is 4.93. The van der Waals surface area contributed by atoms with Crippen molar-refractivity contribution in [2.75, 3.05) is 16.4 Å². The summed E-state index contributed by atoms with van der Waals surface area (Å²) in [5.41, 5.74) is 3.08. The van der Waals surface area contributed by atoms with Gasteiger partial charge in [-0.2, -0.15) is 5.26 Å². The summed E-state index contributed by atoms with van der Waals surface area (Å²) in [6.45, 7) is 1.75. The van der Waals surface area contributed by atoms with Crippen molar-refractivity contribution in [3.63, 3.8) is 0 Å². The zero-order chi connectivity index (χ0) is 25.5. The molecule has 3 aromatic rings. The molecule has 0 saturated heterocycles. The monoisotopic (exact) mass is 499 g/mol. The molecule has 0 aliphatic carbocycles. The summed E-state index contributed by atoms with van der Waals surface area (Å²) in [5.74, 6) is -1.65.